The van der Waals surface area contributed by atoms with Gasteiger partial charge in [-0.15, -0.1) is 0 Å². The summed E-state index contributed by atoms with van der Waals surface area (Å²) in [5.41, 5.74) is 0.243. The number of sulfonamides is 1. The zero-order valence-electron chi connectivity index (χ0n) is 23.1. The summed E-state index contributed by atoms with van der Waals surface area (Å²) in [5, 5.41) is 7.90. The van der Waals surface area contributed by atoms with E-state index in [1.807, 2.05) is 18.2 Å². The van der Waals surface area contributed by atoms with E-state index in [9.17, 15) is 26.4 Å². The van der Waals surface area contributed by atoms with Crippen LogP contribution < -0.4 is 10.0 Å². The molecule has 1 amide bonds. The number of alkyl halides is 3. The number of amides is 1. The average molecular weight is 618 g/mol. The van der Waals surface area contributed by atoms with Gasteiger partial charge >= 0.3 is 6.18 Å². The molecule has 2 N–H and O–H groups in total. The molecule has 0 aliphatic carbocycles. The SMILES string of the molecule is Cc1cc(C)nc(NS(=O)(=O)c2ccc(NC(=O)c3cnn4c(C(F)(F)F)cc(-c5cccc6ccccc56)nc34)cc2)n1. The van der Waals surface area contributed by atoms with Crippen molar-refractivity contribution < 1.29 is 26.4 Å². The highest BCUT2D eigenvalue weighted by Crippen LogP contribution is 2.35. The Morgan fingerprint density at radius 1 is 0.864 bits per heavy atom. The number of nitrogens with one attached hydrogen (secondary N) is 2. The number of aryl methyl sites for hydroxylation is 2. The molecule has 0 spiro atoms. The molecule has 3 aromatic heterocycles. The van der Waals surface area contributed by atoms with Crippen LogP contribution in [0.5, 0.6) is 0 Å². The summed E-state index contributed by atoms with van der Waals surface area (Å²) in [6, 6.07) is 20.2. The first kappa shape index (κ1) is 28.7. The van der Waals surface area contributed by atoms with Gasteiger partial charge in [0.1, 0.15) is 5.56 Å². The Morgan fingerprint density at radius 3 is 2.25 bits per heavy atom. The van der Waals surface area contributed by atoms with Crippen molar-refractivity contribution in [2.45, 2.75) is 24.9 Å². The summed E-state index contributed by atoms with van der Waals surface area (Å²) in [5.74, 6) is -0.866. The first-order chi connectivity index (χ1) is 20.9. The predicted molar refractivity (Wildman–Crippen MR) is 158 cm³/mol. The molecule has 0 bridgehead atoms. The standard InChI is InChI=1S/C30H22F3N7O3S/c1-17-14-18(2)36-29(35-17)39-44(42,43)21-12-10-20(11-13-21)37-28(41)24-16-34-40-26(30(31,32)33)15-25(38-27(24)40)23-9-5-7-19-6-3-4-8-22(19)23/h3-16H,1-2H3,(H,37,41)(H,35,36,39). The zero-order chi connectivity index (χ0) is 31.2. The van der Waals surface area contributed by atoms with E-state index in [0.717, 1.165) is 17.6 Å². The monoisotopic (exact) mass is 617 g/mol. The molecule has 10 nitrogen and oxygen atoms in total. The lowest BCUT2D eigenvalue weighted by Gasteiger charge is -2.13. The number of rotatable bonds is 6. The molecule has 14 heteroatoms. The third-order valence-electron chi connectivity index (χ3n) is 6.70. The van der Waals surface area contributed by atoms with E-state index in [1.165, 1.54) is 24.3 Å². The van der Waals surface area contributed by atoms with Gasteiger partial charge in [0.05, 0.1) is 16.8 Å². The summed E-state index contributed by atoms with van der Waals surface area (Å²) >= 11 is 0. The molecule has 6 aromatic rings. The molecule has 0 aliphatic heterocycles. The van der Waals surface area contributed by atoms with Gasteiger partial charge in [-0.05, 0) is 61.0 Å². The van der Waals surface area contributed by atoms with Crippen molar-refractivity contribution in [3.8, 4) is 11.3 Å². The van der Waals surface area contributed by atoms with E-state index in [4.69, 9.17) is 0 Å². The second-order valence-electron chi connectivity index (χ2n) is 9.90. The molecule has 222 valence electrons. The Balaban J connectivity index is 1.32. The Bertz CT molecular complexity index is 2160. The second kappa shape index (κ2) is 10.7. The molecule has 0 saturated heterocycles. The lowest BCUT2D eigenvalue weighted by molar-refractivity contribution is -0.142. The van der Waals surface area contributed by atoms with Crippen LogP contribution in [0.3, 0.4) is 0 Å². The topological polar surface area (TPSA) is 131 Å². The van der Waals surface area contributed by atoms with Gasteiger partial charge in [0.25, 0.3) is 15.9 Å². The fourth-order valence-electron chi connectivity index (χ4n) is 4.78. The zero-order valence-corrected chi connectivity index (χ0v) is 23.9. The van der Waals surface area contributed by atoms with E-state index < -0.39 is 27.8 Å². The van der Waals surface area contributed by atoms with Crippen molar-refractivity contribution in [1.29, 1.82) is 0 Å². The highest BCUT2D eigenvalue weighted by Gasteiger charge is 2.36. The average Bonchev–Trinajstić information content (AvgIpc) is 3.39. The van der Waals surface area contributed by atoms with Gasteiger partial charge in [0.2, 0.25) is 5.95 Å². The number of aromatic nitrogens is 5. The number of fused-ring (bicyclic) bond motifs is 2. The maximum Gasteiger partial charge on any atom is 0.433 e. The number of hydrogen-bond donors (Lipinski definition) is 2. The van der Waals surface area contributed by atoms with Crippen LogP contribution in [-0.2, 0) is 16.2 Å². The van der Waals surface area contributed by atoms with Crippen molar-refractivity contribution in [2.24, 2.45) is 0 Å². The maximum absolute atomic E-state index is 14.1. The van der Waals surface area contributed by atoms with E-state index in [0.29, 0.717) is 26.9 Å². The quantitative estimate of drug-likeness (QED) is 0.233. The number of carbonyl (C=O) groups excluding carboxylic acids is 1. The van der Waals surface area contributed by atoms with Crippen LogP contribution in [0.2, 0.25) is 0 Å². The van der Waals surface area contributed by atoms with Gasteiger partial charge in [0.15, 0.2) is 11.3 Å². The van der Waals surface area contributed by atoms with Gasteiger partial charge < -0.3 is 5.32 Å². The lowest BCUT2D eigenvalue weighted by atomic mass is 10.0. The molecule has 0 aliphatic rings. The van der Waals surface area contributed by atoms with Crippen molar-refractivity contribution >= 4 is 44.0 Å². The van der Waals surface area contributed by atoms with Gasteiger partial charge in [-0.3, -0.25) is 4.79 Å². The first-order valence-electron chi connectivity index (χ1n) is 13.1. The minimum atomic E-state index is -4.79. The van der Waals surface area contributed by atoms with Gasteiger partial charge in [-0.2, -0.15) is 18.3 Å². The summed E-state index contributed by atoms with van der Waals surface area (Å²) in [4.78, 5) is 25.7. The molecular weight excluding hydrogens is 595 g/mol. The second-order valence-corrected chi connectivity index (χ2v) is 11.6. The molecule has 44 heavy (non-hydrogen) atoms. The molecule has 0 radical (unpaired) electrons. The van der Waals surface area contributed by atoms with Crippen molar-refractivity contribution in [3.05, 3.63) is 108 Å². The molecule has 0 saturated carbocycles. The van der Waals surface area contributed by atoms with Crippen LogP contribution in [0.15, 0.2) is 90.0 Å². The molecule has 0 atom stereocenters. The fraction of sp³-hybridized carbons (Fsp3) is 0.100. The Hall–Kier alpha value is -5.37. The highest BCUT2D eigenvalue weighted by atomic mass is 32.2. The van der Waals surface area contributed by atoms with Crippen LogP contribution in [0, 0.1) is 13.8 Å². The number of benzene rings is 3. The predicted octanol–water partition coefficient (Wildman–Crippen LogP) is 6.03. The summed E-state index contributed by atoms with van der Waals surface area (Å²) in [6.45, 7) is 3.41. The fourth-order valence-corrected chi connectivity index (χ4v) is 5.72. The van der Waals surface area contributed by atoms with Gasteiger partial charge in [-0.1, -0.05) is 42.5 Å². The minimum absolute atomic E-state index is 0.0195. The Labute approximate surface area is 248 Å². The van der Waals surface area contributed by atoms with E-state index >= 15 is 0 Å². The first-order valence-corrected chi connectivity index (χ1v) is 14.6. The van der Waals surface area contributed by atoms with Crippen LogP contribution in [0.1, 0.15) is 27.4 Å². The molecule has 0 fully saturated rings. The third-order valence-corrected chi connectivity index (χ3v) is 8.05. The van der Waals surface area contributed by atoms with Crippen LogP contribution in [0.25, 0.3) is 27.7 Å². The van der Waals surface area contributed by atoms with Crippen molar-refractivity contribution in [1.82, 2.24) is 24.6 Å². The van der Waals surface area contributed by atoms with Crippen molar-refractivity contribution in [3.63, 3.8) is 0 Å². The van der Waals surface area contributed by atoms with E-state index in [-0.39, 0.29) is 33.4 Å². The summed E-state index contributed by atoms with van der Waals surface area (Å²) in [6.07, 6.45) is -3.79. The van der Waals surface area contributed by atoms with Crippen LogP contribution >= 0.6 is 0 Å². The van der Waals surface area contributed by atoms with Gasteiger partial charge in [-0.25, -0.2) is 32.6 Å². The maximum atomic E-state index is 14.1. The summed E-state index contributed by atoms with van der Waals surface area (Å²) < 4.78 is 71.0. The third kappa shape index (κ3) is 5.54. The van der Waals surface area contributed by atoms with Crippen LogP contribution in [0.4, 0.5) is 24.8 Å². The van der Waals surface area contributed by atoms with E-state index in [1.54, 1.807) is 44.2 Å². The number of halogens is 3. The smallest absolute Gasteiger partial charge is 0.322 e. The lowest BCUT2D eigenvalue weighted by Crippen LogP contribution is -2.17. The van der Waals surface area contributed by atoms with Gasteiger partial charge in [0, 0.05) is 22.6 Å². The van der Waals surface area contributed by atoms with Crippen LogP contribution in [-0.4, -0.2) is 38.9 Å². The van der Waals surface area contributed by atoms with Crippen molar-refractivity contribution in [2.75, 3.05) is 10.0 Å². The highest BCUT2D eigenvalue weighted by molar-refractivity contribution is 7.92. The number of anilines is 2. The Kier molecular flexibility index (Phi) is 7.00. The summed E-state index contributed by atoms with van der Waals surface area (Å²) in [7, 11) is -4.05. The molecule has 6 rings (SSSR count). The molecular formula is C30H22F3N7O3S. The number of carbonyl (C=O) groups is 1. The minimum Gasteiger partial charge on any atom is -0.322 e. The Morgan fingerprint density at radius 2 is 1.55 bits per heavy atom. The number of nitrogens with zero attached hydrogens (tertiary/aromatic N) is 5. The number of hydrogen-bond acceptors (Lipinski definition) is 7. The van der Waals surface area contributed by atoms with E-state index in [2.05, 4.69) is 30.1 Å². The molecule has 0 unspecified atom stereocenters. The molecule has 3 heterocycles. The largest absolute Gasteiger partial charge is 0.433 e. The normalized spacial score (nSPS) is 12.0. The molecule has 3 aromatic carbocycles.